The highest BCUT2D eigenvalue weighted by atomic mass is 127. The largest absolute Gasteiger partial charge is 0.397 e. The summed E-state index contributed by atoms with van der Waals surface area (Å²) in [7, 11) is 0. The Kier molecular flexibility index (Phi) is 4.91. The Morgan fingerprint density at radius 2 is 2.24 bits per heavy atom. The Labute approximate surface area is 116 Å². The predicted molar refractivity (Wildman–Crippen MR) is 80.2 cm³/mol. The topological polar surface area (TPSA) is 47.3 Å². The minimum atomic E-state index is 0.816. The van der Waals surface area contributed by atoms with Crippen LogP contribution in [0.3, 0.4) is 0 Å². The summed E-state index contributed by atoms with van der Waals surface area (Å²) in [6.07, 6.45) is 3.74. The first-order valence-corrected chi connectivity index (χ1v) is 7.20. The van der Waals surface area contributed by atoms with E-state index in [2.05, 4.69) is 34.0 Å². The number of anilines is 2. The molecule has 1 saturated carbocycles. The van der Waals surface area contributed by atoms with Gasteiger partial charge in [0.1, 0.15) is 0 Å². The number of halogens is 1. The number of hydrogen-bond donors (Lipinski definition) is 2. The van der Waals surface area contributed by atoms with Crippen molar-refractivity contribution < 1.29 is 4.74 Å². The number of nitrogens with one attached hydrogen (secondary N) is 1. The van der Waals surface area contributed by atoms with Gasteiger partial charge < -0.3 is 15.8 Å². The smallest absolute Gasteiger partial charge is 0.0574 e. The quantitative estimate of drug-likeness (QED) is 0.453. The first-order valence-electron chi connectivity index (χ1n) is 6.12. The zero-order valence-corrected chi connectivity index (χ0v) is 12.1. The van der Waals surface area contributed by atoms with Crippen LogP contribution in [0.15, 0.2) is 18.2 Å². The van der Waals surface area contributed by atoms with Gasteiger partial charge in [0.25, 0.3) is 0 Å². The maximum Gasteiger partial charge on any atom is 0.0574 e. The van der Waals surface area contributed by atoms with Gasteiger partial charge in [-0.1, -0.05) is 0 Å². The van der Waals surface area contributed by atoms with E-state index in [-0.39, 0.29) is 0 Å². The Morgan fingerprint density at radius 1 is 1.41 bits per heavy atom. The minimum absolute atomic E-state index is 0.816. The maximum absolute atomic E-state index is 5.91. The van der Waals surface area contributed by atoms with Gasteiger partial charge in [0.15, 0.2) is 0 Å². The number of rotatable bonds is 7. The van der Waals surface area contributed by atoms with Crippen LogP contribution in [0.1, 0.15) is 19.3 Å². The first-order chi connectivity index (χ1) is 8.25. The summed E-state index contributed by atoms with van der Waals surface area (Å²) in [5.74, 6) is 0.856. The van der Waals surface area contributed by atoms with Crippen molar-refractivity contribution in [2.75, 3.05) is 30.8 Å². The summed E-state index contributed by atoms with van der Waals surface area (Å²) in [4.78, 5) is 0. The number of nitrogens with two attached hydrogens (primary N) is 1. The summed E-state index contributed by atoms with van der Waals surface area (Å²) < 4.78 is 6.74. The second kappa shape index (κ2) is 6.44. The summed E-state index contributed by atoms with van der Waals surface area (Å²) in [5, 5.41) is 3.34. The van der Waals surface area contributed by atoms with Gasteiger partial charge in [-0.2, -0.15) is 0 Å². The third-order valence-corrected chi connectivity index (χ3v) is 3.52. The van der Waals surface area contributed by atoms with Crippen molar-refractivity contribution in [2.24, 2.45) is 5.92 Å². The van der Waals surface area contributed by atoms with Crippen molar-refractivity contribution in [1.82, 2.24) is 0 Å². The molecule has 1 aliphatic rings. The normalized spacial score (nSPS) is 14.9. The molecule has 4 heteroatoms. The van der Waals surface area contributed by atoms with E-state index in [1.54, 1.807) is 0 Å². The van der Waals surface area contributed by atoms with Crippen molar-refractivity contribution >= 4 is 34.0 Å². The van der Waals surface area contributed by atoms with Crippen LogP contribution in [0, 0.1) is 9.49 Å². The summed E-state index contributed by atoms with van der Waals surface area (Å²) in [6, 6.07) is 6.07. The highest BCUT2D eigenvalue weighted by molar-refractivity contribution is 14.1. The fourth-order valence-electron chi connectivity index (χ4n) is 1.63. The fourth-order valence-corrected chi connectivity index (χ4v) is 2.14. The van der Waals surface area contributed by atoms with E-state index in [9.17, 15) is 0 Å². The van der Waals surface area contributed by atoms with Gasteiger partial charge in [-0.3, -0.25) is 0 Å². The zero-order valence-electron chi connectivity index (χ0n) is 9.92. The molecule has 0 bridgehead atoms. The number of benzene rings is 1. The van der Waals surface area contributed by atoms with Crippen LogP contribution < -0.4 is 11.1 Å². The molecule has 0 amide bonds. The van der Waals surface area contributed by atoms with Gasteiger partial charge in [-0.15, -0.1) is 0 Å². The molecule has 0 atom stereocenters. The van der Waals surface area contributed by atoms with Crippen LogP contribution in [0.4, 0.5) is 11.4 Å². The van der Waals surface area contributed by atoms with E-state index in [0.29, 0.717) is 0 Å². The van der Waals surface area contributed by atoms with Gasteiger partial charge in [-0.25, -0.2) is 0 Å². The standard InChI is InChI=1S/C13H19IN2O/c14-11-4-5-13(12(15)8-11)16-6-1-7-17-9-10-2-3-10/h4-5,8,10,16H,1-3,6-7,9,15H2. The molecule has 0 aromatic heterocycles. The molecule has 0 unspecified atom stereocenters. The van der Waals surface area contributed by atoms with Gasteiger partial charge in [0.2, 0.25) is 0 Å². The SMILES string of the molecule is Nc1cc(I)ccc1NCCCOCC1CC1. The van der Waals surface area contributed by atoms with Crippen molar-refractivity contribution in [1.29, 1.82) is 0 Å². The lowest BCUT2D eigenvalue weighted by atomic mass is 10.2. The van der Waals surface area contributed by atoms with Crippen LogP contribution in [0.2, 0.25) is 0 Å². The number of hydrogen-bond acceptors (Lipinski definition) is 3. The van der Waals surface area contributed by atoms with Gasteiger partial charge in [-0.05, 0) is 66.0 Å². The van der Waals surface area contributed by atoms with Crippen LogP contribution in [-0.2, 0) is 4.74 Å². The second-order valence-corrected chi connectivity index (χ2v) is 5.78. The molecule has 3 nitrogen and oxygen atoms in total. The lowest BCUT2D eigenvalue weighted by Crippen LogP contribution is -2.08. The third kappa shape index (κ3) is 4.71. The first kappa shape index (κ1) is 13.0. The number of ether oxygens (including phenoxy) is 1. The highest BCUT2D eigenvalue weighted by Gasteiger charge is 2.20. The molecule has 0 radical (unpaired) electrons. The van der Waals surface area contributed by atoms with Gasteiger partial charge in [0.05, 0.1) is 11.4 Å². The molecule has 0 heterocycles. The predicted octanol–water partition coefficient (Wildman–Crippen LogP) is 3.10. The van der Waals surface area contributed by atoms with Gasteiger partial charge in [0, 0.05) is 23.3 Å². The summed E-state index contributed by atoms with van der Waals surface area (Å²) >= 11 is 2.26. The second-order valence-electron chi connectivity index (χ2n) is 4.53. The molecule has 1 aromatic rings. The Morgan fingerprint density at radius 3 is 2.94 bits per heavy atom. The maximum atomic E-state index is 5.91. The van der Waals surface area contributed by atoms with E-state index in [1.165, 1.54) is 16.4 Å². The monoisotopic (exact) mass is 346 g/mol. The molecule has 3 N–H and O–H groups in total. The Bertz CT molecular complexity index is 366. The lowest BCUT2D eigenvalue weighted by Gasteiger charge is -2.09. The van der Waals surface area contributed by atoms with Crippen molar-refractivity contribution in [3.05, 3.63) is 21.8 Å². The molecule has 0 aliphatic heterocycles. The molecule has 17 heavy (non-hydrogen) atoms. The Hall–Kier alpha value is -0.490. The molecule has 2 rings (SSSR count). The van der Waals surface area contributed by atoms with Crippen LogP contribution in [0.25, 0.3) is 0 Å². The van der Waals surface area contributed by atoms with Crippen LogP contribution in [0.5, 0.6) is 0 Å². The Balaban J connectivity index is 1.60. The average molecular weight is 346 g/mol. The highest BCUT2D eigenvalue weighted by Crippen LogP contribution is 2.28. The number of nitrogen functional groups attached to an aromatic ring is 1. The van der Waals surface area contributed by atoms with E-state index in [0.717, 1.165) is 43.5 Å². The lowest BCUT2D eigenvalue weighted by molar-refractivity contribution is 0.124. The van der Waals surface area contributed by atoms with Crippen molar-refractivity contribution in [2.45, 2.75) is 19.3 Å². The molecule has 1 aromatic carbocycles. The van der Waals surface area contributed by atoms with Crippen molar-refractivity contribution in [3.63, 3.8) is 0 Å². The molecular weight excluding hydrogens is 327 g/mol. The third-order valence-electron chi connectivity index (χ3n) is 2.84. The van der Waals surface area contributed by atoms with Crippen LogP contribution >= 0.6 is 22.6 Å². The van der Waals surface area contributed by atoms with Crippen molar-refractivity contribution in [3.8, 4) is 0 Å². The average Bonchev–Trinajstić information content (AvgIpc) is 3.09. The van der Waals surface area contributed by atoms with Crippen LogP contribution in [-0.4, -0.2) is 19.8 Å². The molecule has 0 saturated heterocycles. The molecule has 94 valence electrons. The summed E-state index contributed by atoms with van der Waals surface area (Å²) in [6.45, 7) is 2.70. The van der Waals surface area contributed by atoms with Gasteiger partial charge >= 0.3 is 0 Å². The molecular formula is C13H19IN2O. The van der Waals surface area contributed by atoms with E-state index in [4.69, 9.17) is 10.5 Å². The minimum Gasteiger partial charge on any atom is -0.397 e. The summed E-state index contributed by atoms with van der Waals surface area (Å²) in [5.41, 5.74) is 7.75. The molecule has 1 aliphatic carbocycles. The molecule has 0 spiro atoms. The fraction of sp³-hybridized carbons (Fsp3) is 0.538. The zero-order chi connectivity index (χ0) is 12.1. The van der Waals surface area contributed by atoms with E-state index >= 15 is 0 Å². The van der Waals surface area contributed by atoms with E-state index < -0.39 is 0 Å². The molecule has 1 fully saturated rings. The van der Waals surface area contributed by atoms with E-state index in [1.807, 2.05) is 12.1 Å².